The van der Waals surface area contributed by atoms with E-state index in [2.05, 4.69) is 4.90 Å². The van der Waals surface area contributed by atoms with Gasteiger partial charge in [0.1, 0.15) is 18.4 Å². The van der Waals surface area contributed by atoms with Crippen molar-refractivity contribution in [2.24, 2.45) is 0 Å². The molecule has 0 aromatic heterocycles. The van der Waals surface area contributed by atoms with E-state index in [0.717, 1.165) is 22.6 Å². The topological polar surface area (TPSA) is 73.3 Å². The van der Waals surface area contributed by atoms with Crippen molar-refractivity contribution in [2.75, 3.05) is 31.6 Å². The third-order valence-electron chi connectivity index (χ3n) is 6.50. The normalized spacial score (nSPS) is 25.3. The molecule has 1 N–H and O–H groups in total. The number of anilines is 1. The zero-order chi connectivity index (χ0) is 23.4. The summed E-state index contributed by atoms with van der Waals surface area (Å²) >= 11 is 19.3. The third kappa shape index (κ3) is 4.06. The molecule has 2 fully saturated rings. The molecular weight excluding hydrogens is 489 g/mol. The van der Waals surface area contributed by atoms with Crippen LogP contribution in [-0.2, 0) is 11.2 Å². The molecule has 3 aliphatic rings. The van der Waals surface area contributed by atoms with Crippen LogP contribution in [0.1, 0.15) is 23.7 Å². The van der Waals surface area contributed by atoms with Gasteiger partial charge in [0.05, 0.1) is 22.9 Å². The quantitative estimate of drug-likeness (QED) is 0.626. The number of likely N-dealkylation sites (tertiary alicyclic amines) is 1. The Labute approximate surface area is 206 Å². The number of aliphatic hydroxyl groups excluding tert-OH is 1. The van der Waals surface area contributed by atoms with Crippen molar-refractivity contribution in [2.45, 2.75) is 31.1 Å². The summed E-state index contributed by atoms with van der Waals surface area (Å²) in [6.07, 6.45) is 0.605. The molecule has 2 heterocycles. The number of halogens is 3. The molecule has 174 valence electrons. The summed E-state index contributed by atoms with van der Waals surface area (Å²) in [5, 5.41) is 11.5. The number of carbonyl (C=O) groups excluding carboxylic acids is 2. The van der Waals surface area contributed by atoms with Crippen LogP contribution in [0, 0.1) is 0 Å². The van der Waals surface area contributed by atoms with Gasteiger partial charge in [0.2, 0.25) is 0 Å². The summed E-state index contributed by atoms with van der Waals surface area (Å²) < 4.78 is 6.42. The zero-order valence-corrected chi connectivity index (χ0v) is 20.1. The van der Waals surface area contributed by atoms with Crippen molar-refractivity contribution in [1.82, 2.24) is 9.80 Å². The second-order valence-corrected chi connectivity index (χ2v) is 9.94. The Bertz CT molecular complexity index is 1140. The predicted molar refractivity (Wildman–Crippen MR) is 126 cm³/mol. The second kappa shape index (κ2) is 8.64. The summed E-state index contributed by atoms with van der Waals surface area (Å²) in [7, 11) is 1.57. The number of carbonyl (C=O) groups is 2. The van der Waals surface area contributed by atoms with Gasteiger partial charge < -0.3 is 14.7 Å². The molecule has 3 amide bonds. The van der Waals surface area contributed by atoms with Crippen molar-refractivity contribution in [3.63, 3.8) is 0 Å². The van der Waals surface area contributed by atoms with Gasteiger partial charge in [-0.25, -0.2) is 9.69 Å². The monoisotopic (exact) mass is 509 g/mol. The number of imide groups is 1. The number of ether oxygens (including phenoxy) is 1. The lowest BCUT2D eigenvalue weighted by atomic mass is 10.1. The zero-order valence-electron chi connectivity index (χ0n) is 17.8. The maximum atomic E-state index is 12.3. The van der Waals surface area contributed by atoms with Crippen molar-refractivity contribution in [3.05, 3.63) is 56.5 Å². The Morgan fingerprint density at radius 3 is 2.52 bits per heavy atom. The van der Waals surface area contributed by atoms with Crippen LogP contribution >= 0.6 is 34.8 Å². The van der Waals surface area contributed by atoms with Crippen LogP contribution in [-0.4, -0.2) is 65.7 Å². The first-order valence-electron chi connectivity index (χ1n) is 10.7. The average Bonchev–Trinajstić information content (AvgIpc) is 3.40. The molecule has 0 saturated carbocycles. The molecule has 0 bridgehead atoms. The molecule has 7 nitrogen and oxygen atoms in total. The van der Waals surface area contributed by atoms with E-state index in [4.69, 9.17) is 39.5 Å². The Hall–Kier alpha value is -2.03. The minimum absolute atomic E-state index is 0.0262. The molecular formula is C23H22Cl3N3O4. The molecule has 5 rings (SSSR count). The maximum absolute atomic E-state index is 12.3. The fourth-order valence-corrected chi connectivity index (χ4v) is 5.69. The number of aliphatic hydroxyl groups is 1. The molecule has 2 aromatic carbocycles. The Balaban J connectivity index is 1.46. The molecule has 2 saturated heterocycles. The van der Waals surface area contributed by atoms with E-state index in [9.17, 15) is 14.7 Å². The summed E-state index contributed by atoms with van der Waals surface area (Å²) in [6.45, 7) is 1.34. The number of likely N-dealkylation sites (N-methyl/N-ethyl adjacent to an activating group) is 1. The van der Waals surface area contributed by atoms with Crippen LogP contribution < -0.4 is 9.64 Å². The molecule has 0 spiro atoms. The Morgan fingerprint density at radius 1 is 1.09 bits per heavy atom. The maximum Gasteiger partial charge on any atom is 0.331 e. The van der Waals surface area contributed by atoms with E-state index < -0.39 is 12.1 Å². The highest BCUT2D eigenvalue weighted by molar-refractivity contribution is 6.35. The Kier molecular flexibility index (Phi) is 5.95. The number of benzene rings is 2. The summed E-state index contributed by atoms with van der Waals surface area (Å²) in [6, 6.07) is 8.01. The van der Waals surface area contributed by atoms with Crippen LogP contribution in [0.5, 0.6) is 5.75 Å². The Morgan fingerprint density at radius 2 is 1.88 bits per heavy atom. The minimum atomic E-state index is -0.397. The van der Waals surface area contributed by atoms with E-state index in [1.807, 2.05) is 6.07 Å². The number of rotatable bonds is 4. The van der Waals surface area contributed by atoms with Crippen LogP contribution in [0.2, 0.25) is 15.1 Å². The van der Waals surface area contributed by atoms with Crippen molar-refractivity contribution >= 4 is 52.4 Å². The van der Waals surface area contributed by atoms with E-state index in [1.54, 1.807) is 31.3 Å². The van der Waals surface area contributed by atoms with Gasteiger partial charge in [-0.2, -0.15) is 0 Å². The van der Waals surface area contributed by atoms with Gasteiger partial charge in [0.15, 0.2) is 0 Å². The number of nitrogens with zero attached hydrogens (tertiary/aromatic N) is 3. The van der Waals surface area contributed by atoms with E-state index >= 15 is 0 Å². The van der Waals surface area contributed by atoms with E-state index in [0.29, 0.717) is 40.9 Å². The molecule has 1 aliphatic carbocycles. The molecule has 2 aromatic rings. The minimum Gasteiger partial charge on any atom is -0.482 e. The standard InChI is InChI=1S/C23H22Cl3N3O4/c1-27-11-21(31)29(23(27)32)13-2-3-20(18(26)8-13)33-22-16-6-12(24)7-17(25)15(16)9-19(22)28-5-4-14(30)10-28/h2-3,6-8,14,19,22,30H,4-5,9-11H2,1H3/t14-,19-,22+/m1/s1. The summed E-state index contributed by atoms with van der Waals surface area (Å²) in [5.41, 5.74) is 2.26. The van der Waals surface area contributed by atoms with Crippen molar-refractivity contribution in [3.8, 4) is 5.75 Å². The first kappa shape index (κ1) is 22.7. The number of β-amino-alcohol motifs (C(OH)–C–C–N with tert-alkyl or cyclic N) is 1. The van der Waals surface area contributed by atoms with Gasteiger partial charge in [-0.1, -0.05) is 34.8 Å². The van der Waals surface area contributed by atoms with Gasteiger partial charge in [-0.05, 0) is 48.7 Å². The first-order valence-corrected chi connectivity index (χ1v) is 11.8. The summed E-state index contributed by atoms with van der Waals surface area (Å²) in [4.78, 5) is 29.2. The van der Waals surface area contributed by atoms with Gasteiger partial charge >= 0.3 is 6.03 Å². The molecule has 10 heteroatoms. The molecule has 0 radical (unpaired) electrons. The van der Waals surface area contributed by atoms with E-state index in [-0.39, 0.29) is 29.6 Å². The van der Waals surface area contributed by atoms with Crippen molar-refractivity contribution < 1.29 is 19.4 Å². The molecule has 0 unspecified atom stereocenters. The van der Waals surface area contributed by atoms with Crippen LogP contribution in [0.25, 0.3) is 0 Å². The smallest absolute Gasteiger partial charge is 0.331 e. The van der Waals surface area contributed by atoms with Gasteiger partial charge in [0, 0.05) is 35.7 Å². The predicted octanol–water partition coefficient (Wildman–Crippen LogP) is 4.16. The van der Waals surface area contributed by atoms with Crippen LogP contribution in [0.4, 0.5) is 10.5 Å². The third-order valence-corrected chi connectivity index (χ3v) is 7.35. The highest BCUT2D eigenvalue weighted by Crippen LogP contribution is 2.44. The van der Waals surface area contributed by atoms with E-state index in [1.165, 1.54) is 4.90 Å². The van der Waals surface area contributed by atoms with Crippen LogP contribution in [0.15, 0.2) is 30.3 Å². The number of amides is 3. The fourth-order valence-electron chi connectivity index (χ4n) is 4.88. The highest BCUT2D eigenvalue weighted by atomic mass is 35.5. The largest absolute Gasteiger partial charge is 0.482 e. The van der Waals surface area contributed by atoms with Crippen molar-refractivity contribution in [1.29, 1.82) is 0 Å². The van der Waals surface area contributed by atoms with Gasteiger partial charge in [-0.15, -0.1) is 0 Å². The molecule has 2 aliphatic heterocycles. The fraction of sp³-hybridized carbons (Fsp3) is 0.391. The summed E-state index contributed by atoms with van der Waals surface area (Å²) in [5.74, 6) is 0.112. The lowest BCUT2D eigenvalue weighted by molar-refractivity contribution is -0.116. The number of hydrogen-bond acceptors (Lipinski definition) is 5. The number of urea groups is 1. The number of hydrogen-bond donors (Lipinski definition) is 1. The first-order chi connectivity index (χ1) is 15.7. The SMILES string of the molecule is CN1CC(=O)N(c2ccc(O[C@H]3c4cc(Cl)cc(Cl)c4C[C@H]3N3CC[C@@H](O)C3)c(Cl)c2)C1=O. The average molecular weight is 511 g/mol. The molecule has 3 atom stereocenters. The van der Waals surface area contributed by atoms with Gasteiger partial charge in [0.25, 0.3) is 5.91 Å². The second-order valence-electron chi connectivity index (χ2n) is 8.69. The lowest BCUT2D eigenvalue weighted by Gasteiger charge is -2.30. The highest BCUT2D eigenvalue weighted by Gasteiger charge is 2.42. The van der Waals surface area contributed by atoms with Crippen LogP contribution in [0.3, 0.4) is 0 Å². The van der Waals surface area contributed by atoms with Gasteiger partial charge in [-0.3, -0.25) is 9.69 Å². The number of fused-ring (bicyclic) bond motifs is 1. The lowest BCUT2D eigenvalue weighted by Crippen LogP contribution is -2.39. The molecule has 33 heavy (non-hydrogen) atoms.